The van der Waals surface area contributed by atoms with Crippen LogP contribution in [0.2, 0.25) is 0 Å². The van der Waals surface area contributed by atoms with E-state index in [4.69, 9.17) is 9.72 Å². The molecule has 2 aromatic carbocycles. The maximum Gasteiger partial charge on any atom is 0.213 e. The highest BCUT2D eigenvalue weighted by Crippen LogP contribution is 2.28. The number of fused-ring (bicyclic) bond motifs is 2. The zero-order valence-electron chi connectivity index (χ0n) is 15.2. The molecule has 0 aliphatic heterocycles. The molecule has 5 rings (SSSR count). The zero-order valence-corrected chi connectivity index (χ0v) is 15.2. The molecule has 0 radical (unpaired) electrons. The van der Waals surface area contributed by atoms with E-state index < -0.39 is 0 Å². The van der Waals surface area contributed by atoms with Crippen LogP contribution in [0.3, 0.4) is 0 Å². The Kier molecular flexibility index (Phi) is 3.87. The summed E-state index contributed by atoms with van der Waals surface area (Å²) in [6, 6.07) is 20.3. The van der Waals surface area contributed by atoms with Crippen LogP contribution in [0, 0.1) is 0 Å². The number of hydrogen-bond acceptors (Lipinski definition) is 5. The minimum Gasteiger partial charge on any atom is -0.481 e. The van der Waals surface area contributed by atoms with Crippen LogP contribution in [0.25, 0.3) is 27.5 Å². The van der Waals surface area contributed by atoms with Gasteiger partial charge in [0.1, 0.15) is 5.82 Å². The molecule has 0 fully saturated rings. The first-order chi connectivity index (χ1) is 13.8. The molecule has 3 aromatic heterocycles. The Morgan fingerprint density at radius 3 is 2.64 bits per heavy atom. The number of nitrogens with zero attached hydrogens (tertiary/aromatic N) is 4. The van der Waals surface area contributed by atoms with Crippen LogP contribution in [0.15, 0.2) is 79.3 Å². The van der Waals surface area contributed by atoms with Crippen molar-refractivity contribution >= 4 is 27.9 Å². The van der Waals surface area contributed by atoms with E-state index in [1.54, 1.807) is 23.9 Å². The summed E-state index contributed by atoms with van der Waals surface area (Å²) in [6.07, 6.45) is 5.46. The molecule has 0 aliphatic rings. The van der Waals surface area contributed by atoms with E-state index in [0.29, 0.717) is 5.88 Å². The first-order valence-electron chi connectivity index (χ1n) is 8.91. The van der Waals surface area contributed by atoms with Crippen molar-refractivity contribution in [1.29, 1.82) is 0 Å². The molecule has 0 spiro atoms. The lowest BCUT2D eigenvalue weighted by molar-refractivity contribution is 0.398. The summed E-state index contributed by atoms with van der Waals surface area (Å²) in [6.45, 7) is 0. The molecule has 0 amide bonds. The van der Waals surface area contributed by atoms with Gasteiger partial charge in [-0.2, -0.15) is 5.10 Å². The highest BCUT2D eigenvalue weighted by molar-refractivity contribution is 5.89. The molecule has 5 aromatic rings. The lowest BCUT2D eigenvalue weighted by Gasteiger charge is -2.07. The van der Waals surface area contributed by atoms with E-state index >= 15 is 0 Å². The largest absolute Gasteiger partial charge is 0.481 e. The molecule has 28 heavy (non-hydrogen) atoms. The average molecular weight is 367 g/mol. The topological polar surface area (TPSA) is 64.3 Å². The highest BCUT2D eigenvalue weighted by atomic mass is 16.5. The normalized spacial score (nSPS) is 11.0. The summed E-state index contributed by atoms with van der Waals surface area (Å²) < 4.78 is 6.88. The molecular weight excluding hydrogens is 350 g/mol. The van der Waals surface area contributed by atoms with Crippen LogP contribution in [-0.4, -0.2) is 26.7 Å². The van der Waals surface area contributed by atoms with Gasteiger partial charge in [-0.05, 0) is 34.5 Å². The first-order valence-corrected chi connectivity index (χ1v) is 8.91. The van der Waals surface area contributed by atoms with Gasteiger partial charge in [-0.3, -0.25) is 0 Å². The zero-order chi connectivity index (χ0) is 18.9. The fourth-order valence-electron chi connectivity index (χ4n) is 3.22. The molecule has 0 atom stereocenters. The Labute approximate surface area is 161 Å². The second-order valence-electron chi connectivity index (χ2n) is 6.42. The summed E-state index contributed by atoms with van der Waals surface area (Å²) >= 11 is 0. The Bertz CT molecular complexity index is 1280. The molecule has 6 nitrogen and oxygen atoms in total. The van der Waals surface area contributed by atoms with Crippen LogP contribution in [0.5, 0.6) is 5.88 Å². The van der Waals surface area contributed by atoms with Crippen molar-refractivity contribution in [3.05, 3.63) is 79.3 Å². The monoisotopic (exact) mass is 367 g/mol. The number of anilines is 2. The number of methoxy groups -OCH3 is 1. The fourth-order valence-corrected chi connectivity index (χ4v) is 3.22. The SMILES string of the molecule is COc1ccc(Nc2ccn3ncc(-c4ccc5ccccc5c4)c3n2)cn1. The van der Waals surface area contributed by atoms with Gasteiger partial charge in [0.05, 0.1) is 25.2 Å². The third kappa shape index (κ3) is 2.91. The van der Waals surface area contributed by atoms with Gasteiger partial charge in [0, 0.05) is 17.8 Å². The fraction of sp³-hybridized carbons (Fsp3) is 0.0455. The van der Waals surface area contributed by atoms with Crippen molar-refractivity contribution in [2.24, 2.45) is 0 Å². The third-order valence-corrected chi connectivity index (χ3v) is 4.65. The number of nitrogens with one attached hydrogen (secondary N) is 1. The Hall–Kier alpha value is -3.93. The van der Waals surface area contributed by atoms with Gasteiger partial charge in [-0.25, -0.2) is 14.5 Å². The molecule has 6 heteroatoms. The third-order valence-electron chi connectivity index (χ3n) is 4.65. The predicted molar refractivity (Wildman–Crippen MR) is 110 cm³/mol. The number of aromatic nitrogens is 4. The van der Waals surface area contributed by atoms with Gasteiger partial charge >= 0.3 is 0 Å². The van der Waals surface area contributed by atoms with Crippen molar-refractivity contribution in [3.8, 4) is 17.0 Å². The van der Waals surface area contributed by atoms with E-state index in [9.17, 15) is 0 Å². The first kappa shape index (κ1) is 16.3. The minimum atomic E-state index is 0.573. The maximum absolute atomic E-state index is 5.10. The molecule has 0 unspecified atom stereocenters. The number of ether oxygens (including phenoxy) is 1. The molecular formula is C22H17N5O. The summed E-state index contributed by atoms with van der Waals surface area (Å²) in [5.74, 6) is 1.30. The molecule has 0 saturated carbocycles. The summed E-state index contributed by atoms with van der Waals surface area (Å²) in [5.41, 5.74) is 3.71. The number of hydrogen-bond donors (Lipinski definition) is 1. The van der Waals surface area contributed by atoms with E-state index in [2.05, 4.69) is 45.7 Å². The summed E-state index contributed by atoms with van der Waals surface area (Å²) in [7, 11) is 1.60. The summed E-state index contributed by atoms with van der Waals surface area (Å²) in [5, 5.41) is 10.1. The molecule has 136 valence electrons. The molecule has 0 aliphatic carbocycles. The second-order valence-corrected chi connectivity index (χ2v) is 6.42. The smallest absolute Gasteiger partial charge is 0.213 e. The number of rotatable bonds is 4. The van der Waals surface area contributed by atoms with Crippen LogP contribution in [-0.2, 0) is 0 Å². The van der Waals surface area contributed by atoms with Gasteiger partial charge < -0.3 is 10.1 Å². The van der Waals surface area contributed by atoms with Crippen molar-refractivity contribution in [2.75, 3.05) is 12.4 Å². The van der Waals surface area contributed by atoms with E-state index in [1.165, 1.54) is 10.8 Å². The maximum atomic E-state index is 5.10. The second kappa shape index (κ2) is 6.66. The lowest BCUT2D eigenvalue weighted by Crippen LogP contribution is -1.98. The van der Waals surface area contributed by atoms with Crippen LogP contribution < -0.4 is 10.1 Å². The van der Waals surface area contributed by atoms with E-state index in [-0.39, 0.29) is 0 Å². The Balaban J connectivity index is 1.53. The van der Waals surface area contributed by atoms with Crippen LogP contribution in [0.4, 0.5) is 11.5 Å². The van der Waals surface area contributed by atoms with Crippen molar-refractivity contribution < 1.29 is 4.74 Å². The lowest BCUT2D eigenvalue weighted by atomic mass is 10.0. The standard InChI is InChI=1S/C22H17N5O/c1-28-21-9-8-18(13-23-21)25-20-10-11-27-22(26-20)19(14-24-27)17-7-6-15-4-2-3-5-16(15)12-17/h2-14H,1H3,(H,25,26). The van der Waals surface area contributed by atoms with Crippen molar-refractivity contribution in [1.82, 2.24) is 19.6 Å². The van der Waals surface area contributed by atoms with E-state index in [1.807, 2.05) is 36.7 Å². The Morgan fingerprint density at radius 2 is 1.82 bits per heavy atom. The molecule has 1 N–H and O–H groups in total. The van der Waals surface area contributed by atoms with Crippen LogP contribution in [0.1, 0.15) is 0 Å². The van der Waals surface area contributed by atoms with Gasteiger partial charge in [0.15, 0.2) is 5.65 Å². The quantitative estimate of drug-likeness (QED) is 0.499. The summed E-state index contributed by atoms with van der Waals surface area (Å²) in [4.78, 5) is 8.97. The van der Waals surface area contributed by atoms with E-state index in [0.717, 1.165) is 28.3 Å². The average Bonchev–Trinajstić information content (AvgIpc) is 3.17. The van der Waals surface area contributed by atoms with Gasteiger partial charge in [-0.1, -0.05) is 36.4 Å². The Morgan fingerprint density at radius 1 is 0.929 bits per heavy atom. The van der Waals surface area contributed by atoms with Gasteiger partial charge in [-0.15, -0.1) is 0 Å². The van der Waals surface area contributed by atoms with Crippen LogP contribution >= 0.6 is 0 Å². The predicted octanol–water partition coefficient (Wildman–Crippen LogP) is 4.70. The van der Waals surface area contributed by atoms with Crippen molar-refractivity contribution in [3.63, 3.8) is 0 Å². The minimum absolute atomic E-state index is 0.573. The van der Waals surface area contributed by atoms with Gasteiger partial charge in [0.25, 0.3) is 0 Å². The van der Waals surface area contributed by atoms with Crippen molar-refractivity contribution in [2.45, 2.75) is 0 Å². The molecule has 3 heterocycles. The van der Waals surface area contributed by atoms with Gasteiger partial charge in [0.2, 0.25) is 5.88 Å². The molecule has 0 saturated heterocycles. The molecule has 0 bridgehead atoms. The number of benzene rings is 2. The number of pyridine rings is 1. The highest BCUT2D eigenvalue weighted by Gasteiger charge is 2.10.